The number of carbonyl (C=O) groups is 1. The monoisotopic (exact) mass is 333 g/mol. The van der Waals surface area contributed by atoms with Gasteiger partial charge in [-0.25, -0.2) is 4.98 Å². The van der Waals surface area contributed by atoms with Crippen molar-refractivity contribution in [3.63, 3.8) is 0 Å². The summed E-state index contributed by atoms with van der Waals surface area (Å²) in [6, 6.07) is 15.5. The van der Waals surface area contributed by atoms with E-state index in [0.717, 1.165) is 27.4 Å². The van der Waals surface area contributed by atoms with Crippen molar-refractivity contribution >= 4 is 48.2 Å². The highest BCUT2D eigenvalue weighted by Crippen LogP contribution is 2.27. The van der Waals surface area contributed by atoms with Gasteiger partial charge in [-0.05, 0) is 12.1 Å². The van der Waals surface area contributed by atoms with Gasteiger partial charge in [-0.2, -0.15) is 0 Å². The highest BCUT2D eigenvalue weighted by Gasteiger charge is 2.12. The summed E-state index contributed by atoms with van der Waals surface area (Å²) in [5.74, 6) is 0. The Balaban J connectivity index is 2.61. The molecular formula is C14H8INO. The molecule has 0 radical (unpaired) electrons. The SMILES string of the molecule is O=C(I)c1c2ccccc2nc2ccccc12. The molecule has 82 valence electrons. The molecule has 3 aromatic rings. The van der Waals surface area contributed by atoms with Gasteiger partial charge in [-0.1, -0.05) is 36.4 Å². The highest BCUT2D eigenvalue weighted by molar-refractivity contribution is 14.1. The van der Waals surface area contributed by atoms with Crippen LogP contribution in [0.1, 0.15) is 10.4 Å². The Labute approximate surface area is 112 Å². The van der Waals surface area contributed by atoms with Crippen LogP contribution in [0.3, 0.4) is 0 Å². The number of carbonyl (C=O) groups excluding carboxylic acids is 1. The van der Waals surface area contributed by atoms with Crippen LogP contribution < -0.4 is 0 Å². The lowest BCUT2D eigenvalue weighted by Crippen LogP contribution is -1.95. The maximum Gasteiger partial charge on any atom is 0.223 e. The minimum atomic E-state index is 0.0531. The molecule has 0 fully saturated rings. The van der Waals surface area contributed by atoms with Crippen molar-refractivity contribution in [3.8, 4) is 0 Å². The zero-order valence-corrected chi connectivity index (χ0v) is 11.0. The Bertz CT molecular complexity index is 682. The van der Waals surface area contributed by atoms with Gasteiger partial charge in [0.1, 0.15) is 0 Å². The number of fused-ring (bicyclic) bond motifs is 2. The minimum Gasteiger partial charge on any atom is -0.282 e. The molecule has 2 aromatic carbocycles. The number of benzene rings is 2. The number of rotatable bonds is 1. The zero-order chi connectivity index (χ0) is 11.8. The Morgan fingerprint density at radius 1 is 0.882 bits per heavy atom. The first-order valence-corrected chi connectivity index (χ1v) is 6.32. The van der Waals surface area contributed by atoms with E-state index in [0.29, 0.717) is 0 Å². The summed E-state index contributed by atoms with van der Waals surface area (Å²) < 4.78 is 0.0531. The Morgan fingerprint density at radius 3 is 1.82 bits per heavy atom. The first-order valence-electron chi connectivity index (χ1n) is 5.25. The zero-order valence-electron chi connectivity index (χ0n) is 8.85. The molecule has 1 aromatic heterocycles. The molecular weight excluding hydrogens is 325 g/mol. The third-order valence-corrected chi connectivity index (χ3v) is 3.32. The molecule has 0 saturated carbocycles. The van der Waals surface area contributed by atoms with Gasteiger partial charge in [0.05, 0.1) is 11.0 Å². The van der Waals surface area contributed by atoms with E-state index in [1.165, 1.54) is 0 Å². The van der Waals surface area contributed by atoms with Crippen molar-refractivity contribution in [2.24, 2.45) is 0 Å². The largest absolute Gasteiger partial charge is 0.282 e. The third-order valence-electron chi connectivity index (χ3n) is 2.78. The second-order valence-corrected chi connectivity index (χ2v) is 4.77. The summed E-state index contributed by atoms with van der Waals surface area (Å²) in [6.45, 7) is 0. The normalized spacial score (nSPS) is 10.9. The minimum absolute atomic E-state index is 0.0531. The molecule has 0 unspecified atom stereocenters. The van der Waals surface area contributed by atoms with E-state index in [2.05, 4.69) is 4.98 Å². The van der Waals surface area contributed by atoms with Gasteiger partial charge < -0.3 is 0 Å². The first kappa shape index (κ1) is 10.7. The third kappa shape index (κ3) is 1.70. The quantitative estimate of drug-likeness (QED) is 0.383. The predicted molar refractivity (Wildman–Crippen MR) is 77.6 cm³/mol. The topological polar surface area (TPSA) is 30.0 Å². The molecule has 0 bridgehead atoms. The van der Waals surface area contributed by atoms with E-state index in [-0.39, 0.29) is 3.79 Å². The fourth-order valence-electron chi connectivity index (χ4n) is 2.05. The summed E-state index contributed by atoms with van der Waals surface area (Å²) in [5, 5.41) is 1.84. The molecule has 2 nitrogen and oxygen atoms in total. The number of para-hydroxylation sites is 2. The van der Waals surface area contributed by atoms with Gasteiger partial charge in [0.25, 0.3) is 0 Å². The average molecular weight is 333 g/mol. The van der Waals surface area contributed by atoms with Crippen molar-refractivity contribution in [1.82, 2.24) is 4.98 Å². The van der Waals surface area contributed by atoms with Crippen LogP contribution in [0.15, 0.2) is 48.5 Å². The number of halogens is 1. The van der Waals surface area contributed by atoms with Gasteiger partial charge in [0, 0.05) is 38.9 Å². The van der Waals surface area contributed by atoms with Crippen LogP contribution in [0.2, 0.25) is 0 Å². The van der Waals surface area contributed by atoms with Crippen LogP contribution in [-0.2, 0) is 0 Å². The van der Waals surface area contributed by atoms with Crippen LogP contribution in [0.4, 0.5) is 0 Å². The number of hydrogen-bond acceptors (Lipinski definition) is 2. The molecule has 3 rings (SSSR count). The van der Waals surface area contributed by atoms with E-state index in [1.807, 2.05) is 71.1 Å². The smallest absolute Gasteiger partial charge is 0.223 e. The maximum atomic E-state index is 11.8. The Hall–Kier alpha value is -1.49. The lowest BCUT2D eigenvalue weighted by molar-refractivity contribution is 0.110. The second kappa shape index (κ2) is 4.07. The molecule has 0 N–H and O–H groups in total. The van der Waals surface area contributed by atoms with Crippen molar-refractivity contribution in [1.29, 1.82) is 0 Å². The molecule has 17 heavy (non-hydrogen) atoms. The standard InChI is InChI=1S/C14H8INO/c15-14(17)13-9-5-1-3-7-11(9)16-12-8-4-2-6-10(12)13/h1-8H. The lowest BCUT2D eigenvalue weighted by Gasteiger charge is -2.06. The molecule has 1 heterocycles. The predicted octanol–water partition coefficient (Wildman–Crippen LogP) is 3.96. The first-order chi connectivity index (χ1) is 8.27. The van der Waals surface area contributed by atoms with Crippen LogP contribution in [-0.4, -0.2) is 8.77 Å². The van der Waals surface area contributed by atoms with Crippen molar-refractivity contribution in [2.45, 2.75) is 0 Å². The highest BCUT2D eigenvalue weighted by atomic mass is 127. The summed E-state index contributed by atoms with van der Waals surface area (Å²) in [5.41, 5.74) is 2.49. The van der Waals surface area contributed by atoms with E-state index in [4.69, 9.17) is 0 Å². The fraction of sp³-hybridized carbons (Fsp3) is 0. The Kier molecular flexibility index (Phi) is 2.55. The fourth-order valence-corrected chi connectivity index (χ4v) is 2.63. The molecule has 3 heteroatoms. The summed E-state index contributed by atoms with van der Waals surface area (Å²) in [6.07, 6.45) is 0. The summed E-state index contributed by atoms with van der Waals surface area (Å²) in [4.78, 5) is 16.4. The molecule has 0 saturated heterocycles. The average Bonchev–Trinajstić information content (AvgIpc) is 2.35. The van der Waals surface area contributed by atoms with E-state index >= 15 is 0 Å². The van der Waals surface area contributed by atoms with Crippen LogP contribution in [0.25, 0.3) is 21.8 Å². The summed E-state index contributed by atoms with van der Waals surface area (Å²) >= 11 is 1.84. The number of pyridine rings is 1. The molecule has 0 amide bonds. The van der Waals surface area contributed by atoms with Gasteiger partial charge in [-0.15, -0.1) is 0 Å². The number of aromatic nitrogens is 1. The van der Waals surface area contributed by atoms with E-state index in [9.17, 15) is 4.79 Å². The van der Waals surface area contributed by atoms with E-state index in [1.54, 1.807) is 0 Å². The van der Waals surface area contributed by atoms with E-state index < -0.39 is 0 Å². The molecule has 0 aliphatic heterocycles. The molecule has 0 aliphatic carbocycles. The number of nitrogens with zero attached hydrogens (tertiary/aromatic N) is 1. The molecule has 0 atom stereocenters. The second-order valence-electron chi connectivity index (χ2n) is 3.79. The number of hydrogen-bond donors (Lipinski definition) is 0. The maximum absolute atomic E-state index is 11.8. The van der Waals surface area contributed by atoms with Gasteiger partial charge >= 0.3 is 0 Å². The van der Waals surface area contributed by atoms with Crippen LogP contribution in [0.5, 0.6) is 0 Å². The van der Waals surface area contributed by atoms with Crippen molar-refractivity contribution in [2.75, 3.05) is 0 Å². The van der Waals surface area contributed by atoms with Gasteiger partial charge in [-0.3, -0.25) is 4.79 Å². The van der Waals surface area contributed by atoms with Gasteiger partial charge in [0.15, 0.2) is 0 Å². The Morgan fingerprint density at radius 2 is 1.35 bits per heavy atom. The van der Waals surface area contributed by atoms with Crippen molar-refractivity contribution in [3.05, 3.63) is 54.1 Å². The molecule has 0 aliphatic rings. The van der Waals surface area contributed by atoms with Crippen molar-refractivity contribution < 1.29 is 4.79 Å². The summed E-state index contributed by atoms with van der Waals surface area (Å²) in [7, 11) is 0. The molecule has 0 spiro atoms. The van der Waals surface area contributed by atoms with Crippen LogP contribution >= 0.6 is 22.6 Å². The van der Waals surface area contributed by atoms with Gasteiger partial charge in [0.2, 0.25) is 3.79 Å². The van der Waals surface area contributed by atoms with Crippen LogP contribution in [0, 0.1) is 0 Å². The lowest BCUT2D eigenvalue weighted by atomic mass is 10.0.